The van der Waals surface area contributed by atoms with Gasteiger partial charge in [-0.2, -0.15) is 0 Å². The average Bonchev–Trinajstić information content (AvgIpc) is 2.74. The summed E-state index contributed by atoms with van der Waals surface area (Å²) in [6.45, 7) is 2.75. The van der Waals surface area contributed by atoms with Crippen LogP contribution in [0.2, 0.25) is 0 Å². The van der Waals surface area contributed by atoms with Gasteiger partial charge in [-0.05, 0) is 66.3 Å². The van der Waals surface area contributed by atoms with Crippen LogP contribution in [-0.2, 0) is 11.8 Å². The summed E-state index contributed by atoms with van der Waals surface area (Å²) in [5.74, 6) is 1.77. The highest BCUT2D eigenvalue weighted by atomic mass is 16.5. The smallest absolute Gasteiger partial charge is 0.126 e. The molecule has 0 radical (unpaired) electrons. The number of phenols is 3. The van der Waals surface area contributed by atoms with E-state index in [0.717, 1.165) is 42.6 Å². The van der Waals surface area contributed by atoms with E-state index in [1.165, 1.54) is 5.56 Å². The van der Waals surface area contributed by atoms with Gasteiger partial charge in [-0.25, -0.2) is 0 Å². The fourth-order valence-electron chi connectivity index (χ4n) is 4.55. The van der Waals surface area contributed by atoms with Crippen molar-refractivity contribution in [2.24, 2.45) is 0 Å². The van der Waals surface area contributed by atoms with Crippen LogP contribution in [0, 0.1) is 0 Å². The summed E-state index contributed by atoms with van der Waals surface area (Å²) in [7, 11) is 0. The number of aromatic hydroxyl groups is 3. The summed E-state index contributed by atoms with van der Waals surface area (Å²) in [5, 5.41) is 29.1. The first-order valence-electron chi connectivity index (χ1n) is 10.5. The van der Waals surface area contributed by atoms with Gasteiger partial charge in [0.2, 0.25) is 0 Å². The van der Waals surface area contributed by atoms with Crippen LogP contribution in [0.3, 0.4) is 0 Å². The number of phenolic OH excluding ortho intramolecular Hbond substituents is 3. The van der Waals surface area contributed by atoms with E-state index in [2.05, 4.69) is 6.92 Å². The topological polar surface area (TPSA) is 69.9 Å². The van der Waals surface area contributed by atoms with Crippen LogP contribution >= 0.6 is 0 Å². The highest BCUT2D eigenvalue weighted by Gasteiger charge is 2.42. The molecule has 4 nitrogen and oxygen atoms in total. The lowest BCUT2D eigenvalue weighted by Gasteiger charge is -2.43. The summed E-state index contributed by atoms with van der Waals surface area (Å²) < 4.78 is 6.08. The van der Waals surface area contributed by atoms with Crippen molar-refractivity contribution in [1.29, 1.82) is 0 Å². The number of hydrogen-bond donors (Lipinski definition) is 3. The van der Waals surface area contributed by atoms with Gasteiger partial charge in [0, 0.05) is 17.4 Å². The predicted molar refractivity (Wildman–Crippen MR) is 117 cm³/mol. The first-order chi connectivity index (χ1) is 14.5. The third-order valence-corrected chi connectivity index (χ3v) is 6.34. The Morgan fingerprint density at radius 1 is 0.833 bits per heavy atom. The van der Waals surface area contributed by atoms with Gasteiger partial charge in [-0.3, -0.25) is 0 Å². The van der Waals surface area contributed by atoms with E-state index >= 15 is 0 Å². The molecule has 3 aromatic carbocycles. The van der Waals surface area contributed by atoms with E-state index in [1.54, 1.807) is 36.4 Å². The van der Waals surface area contributed by atoms with Crippen LogP contribution < -0.4 is 4.74 Å². The summed E-state index contributed by atoms with van der Waals surface area (Å²) in [5.41, 5.74) is 3.27. The number of rotatable bonds is 6. The predicted octanol–water partition coefficient (Wildman–Crippen LogP) is 5.65. The molecule has 2 atom stereocenters. The molecule has 2 unspecified atom stereocenters. The van der Waals surface area contributed by atoms with Crippen LogP contribution in [0.25, 0.3) is 0 Å². The maximum Gasteiger partial charge on any atom is 0.126 e. The SMILES string of the molecule is CC1(c2ccc(O)cc2)COc2cc(O)ccc2C1CCCCc1ccc(O)cc1. The summed E-state index contributed by atoms with van der Waals surface area (Å²) >= 11 is 0. The molecule has 0 saturated carbocycles. The Bertz CT molecular complexity index is 995. The Balaban J connectivity index is 1.55. The second-order valence-electron chi connectivity index (χ2n) is 8.44. The number of hydrogen-bond acceptors (Lipinski definition) is 4. The molecule has 1 aliphatic rings. The summed E-state index contributed by atoms with van der Waals surface area (Å²) in [6.07, 6.45) is 4.08. The van der Waals surface area contributed by atoms with Crippen molar-refractivity contribution < 1.29 is 20.1 Å². The largest absolute Gasteiger partial charge is 0.508 e. The van der Waals surface area contributed by atoms with Gasteiger partial charge in [0.05, 0.1) is 6.61 Å². The van der Waals surface area contributed by atoms with Crippen molar-refractivity contribution in [3.05, 3.63) is 83.4 Å². The average molecular weight is 405 g/mol. The van der Waals surface area contributed by atoms with E-state index in [9.17, 15) is 15.3 Å². The van der Waals surface area contributed by atoms with Crippen molar-refractivity contribution >= 4 is 0 Å². The van der Waals surface area contributed by atoms with Crippen LogP contribution in [0.5, 0.6) is 23.0 Å². The second-order valence-corrected chi connectivity index (χ2v) is 8.44. The van der Waals surface area contributed by atoms with Crippen LogP contribution in [0.4, 0.5) is 0 Å². The molecular weight excluding hydrogens is 376 g/mol. The summed E-state index contributed by atoms with van der Waals surface area (Å²) in [6, 6.07) is 20.3. The Kier molecular flexibility index (Phi) is 5.58. The van der Waals surface area contributed by atoms with Gasteiger partial charge in [-0.15, -0.1) is 0 Å². The molecule has 4 heteroatoms. The number of benzene rings is 3. The Labute approximate surface area is 177 Å². The molecule has 0 aliphatic carbocycles. The van der Waals surface area contributed by atoms with Crippen LogP contribution in [0.15, 0.2) is 66.7 Å². The van der Waals surface area contributed by atoms with E-state index in [0.29, 0.717) is 12.4 Å². The molecule has 4 rings (SSSR count). The minimum atomic E-state index is -0.226. The molecule has 3 N–H and O–H groups in total. The first kappa shape index (κ1) is 20.1. The van der Waals surface area contributed by atoms with Crippen molar-refractivity contribution in [1.82, 2.24) is 0 Å². The molecule has 30 heavy (non-hydrogen) atoms. The fourth-order valence-corrected chi connectivity index (χ4v) is 4.55. The molecule has 0 bridgehead atoms. The van der Waals surface area contributed by atoms with Crippen molar-refractivity contribution in [3.8, 4) is 23.0 Å². The van der Waals surface area contributed by atoms with Crippen molar-refractivity contribution in [2.75, 3.05) is 6.61 Å². The third kappa shape index (κ3) is 4.09. The van der Waals surface area contributed by atoms with Gasteiger partial charge in [0.25, 0.3) is 0 Å². The zero-order valence-corrected chi connectivity index (χ0v) is 17.2. The second kappa shape index (κ2) is 8.31. The van der Waals surface area contributed by atoms with Gasteiger partial charge < -0.3 is 20.1 Å². The number of unbranched alkanes of at least 4 members (excludes halogenated alkanes) is 1. The minimum Gasteiger partial charge on any atom is -0.508 e. The van der Waals surface area contributed by atoms with Crippen molar-refractivity contribution in [3.63, 3.8) is 0 Å². The standard InChI is InChI=1S/C26H28O4/c1-26(19-8-12-21(28)13-9-19)17-30-25-16-22(29)14-15-23(25)24(26)5-3-2-4-18-6-10-20(27)11-7-18/h6-16,24,27-29H,2-5,17H2,1H3. The van der Waals surface area contributed by atoms with Gasteiger partial charge in [0.1, 0.15) is 23.0 Å². The lowest BCUT2D eigenvalue weighted by Crippen LogP contribution is -2.40. The zero-order chi connectivity index (χ0) is 21.1. The van der Waals surface area contributed by atoms with Gasteiger partial charge >= 0.3 is 0 Å². The fraction of sp³-hybridized carbons (Fsp3) is 0.308. The van der Waals surface area contributed by atoms with Gasteiger partial charge in [0.15, 0.2) is 0 Å². The molecule has 0 saturated heterocycles. The minimum absolute atomic E-state index is 0.216. The molecular formula is C26H28O4. The van der Waals surface area contributed by atoms with E-state index in [4.69, 9.17) is 4.74 Å². The normalized spacial score (nSPS) is 20.4. The van der Waals surface area contributed by atoms with E-state index < -0.39 is 0 Å². The highest BCUT2D eigenvalue weighted by Crippen LogP contribution is 2.49. The van der Waals surface area contributed by atoms with E-state index in [1.807, 2.05) is 30.3 Å². The number of aryl methyl sites for hydroxylation is 1. The molecule has 156 valence electrons. The van der Waals surface area contributed by atoms with E-state index in [-0.39, 0.29) is 22.8 Å². The highest BCUT2D eigenvalue weighted by molar-refractivity contribution is 5.48. The molecule has 0 spiro atoms. The van der Waals surface area contributed by atoms with Crippen molar-refractivity contribution in [2.45, 2.75) is 43.9 Å². The summed E-state index contributed by atoms with van der Waals surface area (Å²) in [4.78, 5) is 0. The molecule has 1 heterocycles. The lowest BCUT2D eigenvalue weighted by atomic mass is 9.66. The Hall–Kier alpha value is -3.14. The number of fused-ring (bicyclic) bond motifs is 1. The van der Waals surface area contributed by atoms with Gasteiger partial charge in [-0.1, -0.05) is 43.7 Å². The monoisotopic (exact) mass is 404 g/mol. The maximum absolute atomic E-state index is 9.89. The Morgan fingerprint density at radius 2 is 1.47 bits per heavy atom. The maximum atomic E-state index is 9.89. The molecule has 1 aliphatic heterocycles. The first-order valence-corrected chi connectivity index (χ1v) is 10.5. The lowest BCUT2D eigenvalue weighted by molar-refractivity contribution is 0.162. The zero-order valence-electron chi connectivity index (χ0n) is 17.2. The molecule has 0 aromatic heterocycles. The third-order valence-electron chi connectivity index (χ3n) is 6.34. The van der Waals surface area contributed by atoms with Crippen LogP contribution in [0.1, 0.15) is 48.8 Å². The molecule has 0 fully saturated rings. The molecule has 3 aromatic rings. The van der Waals surface area contributed by atoms with Crippen LogP contribution in [-0.4, -0.2) is 21.9 Å². The molecule has 0 amide bonds. The Morgan fingerprint density at radius 3 is 2.17 bits per heavy atom. The number of ether oxygens (including phenoxy) is 1. The quantitative estimate of drug-likeness (QED) is 0.464.